The van der Waals surface area contributed by atoms with E-state index in [4.69, 9.17) is 16.3 Å². The van der Waals surface area contributed by atoms with Gasteiger partial charge in [0.15, 0.2) is 6.61 Å². The molecule has 0 atom stereocenters. The second-order valence-electron chi connectivity index (χ2n) is 8.14. The number of carbonyl (C=O) groups is 2. The minimum atomic E-state index is -4.83. The molecule has 0 aliphatic carbocycles. The summed E-state index contributed by atoms with van der Waals surface area (Å²) in [5.74, 6) is -1.47. The number of ether oxygens (including phenoxy) is 1. The third-order valence-corrected chi connectivity index (χ3v) is 6.48. The average molecular weight is 601 g/mol. The number of halogens is 5. The van der Waals surface area contributed by atoms with Crippen LogP contribution >= 0.6 is 11.6 Å². The van der Waals surface area contributed by atoms with Crippen molar-refractivity contribution in [3.63, 3.8) is 0 Å². The van der Waals surface area contributed by atoms with Crippen LogP contribution in [0.25, 0.3) is 0 Å². The van der Waals surface area contributed by atoms with Crippen molar-refractivity contribution in [1.29, 1.82) is 0 Å². The van der Waals surface area contributed by atoms with E-state index >= 15 is 0 Å². The van der Waals surface area contributed by atoms with Crippen LogP contribution in [-0.2, 0) is 25.8 Å². The zero-order valence-corrected chi connectivity index (χ0v) is 22.1. The Balaban J connectivity index is 1.55. The highest BCUT2D eigenvalue weighted by Crippen LogP contribution is 2.37. The van der Waals surface area contributed by atoms with E-state index in [-0.39, 0.29) is 6.61 Å². The maximum atomic E-state index is 13.2. The molecule has 9 nitrogen and oxygen atoms in total. The highest BCUT2D eigenvalue weighted by molar-refractivity contribution is 7.92. The maximum absolute atomic E-state index is 13.2. The summed E-state index contributed by atoms with van der Waals surface area (Å²) in [6.45, 7) is -1.16. The SMILES string of the molecule is CS(=O)(=O)N(CC(=O)N/N=C\c1ccc(OCC(=O)Nc2ccc(F)cc2)cc1)c1ccc(Cl)c(C(F)(F)F)c1. The average Bonchev–Trinajstić information content (AvgIpc) is 2.87. The molecule has 0 spiro atoms. The van der Waals surface area contributed by atoms with E-state index in [9.17, 15) is 35.6 Å². The van der Waals surface area contributed by atoms with Crippen LogP contribution in [0.2, 0.25) is 5.02 Å². The zero-order valence-electron chi connectivity index (χ0n) is 20.6. The third kappa shape index (κ3) is 8.95. The summed E-state index contributed by atoms with van der Waals surface area (Å²) in [6, 6.07) is 13.8. The normalized spacial score (nSPS) is 11.8. The highest BCUT2D eigenvalue weighted by atomic mass is 35.5. The standard InChI is InChI=1S/C25H21ClF4N4O5S/c1-40(37,38)34(19-8-11-22(26)21(12-19)25(28,29)30)14-23(35)33-31-13-16-2-9-20(10-3-16)39-15-24(36)32-18-6-4-17(27)5-7-18/h2-13H,14-15H2,1H3,(H,32,36)(H,33,35)/b31-13-. The lowest BCUT2D eigenvalue weighted by Gasteiger charge is -2.22. The minimum absolute atomic E-state index is 0.310. The molecular weight excluding hydrogens is 580 g/mol. The van der Waals surface area contributed by atoms with Gasteiger partial charge in [0.1, 0.15) is 18.1 Å². The van der Waals surface area contributed by atoms with E-state index in [2.05, 4.69) is 15.8 Å². The molecular formula is C25H21ClF4N4O5S. The summed E-state index contributed by atoms with van der Waals surface area (Å²) in [7, 11) is -4.15. The van der Waals surface area contributed by atoms with E-state index < -0.39 is 56.6 Å². The van der Waals surface area contributed by atoms with E-state index in [1.807, 2.05) is 0 Å². The van der Waals surface area contributed by atoms with Crippen molar-refractivity contribution in [1.82, 2.24) is 5.43 Å². The Morgan fingerprint density at radius 1 is 1.02 bits per heavy atom. The Morgan fingerprint density at radius 3 is 2.27 bits per heavy atom. The van der Waals surface area contributed by atoms with Crippen LogP contribution in [0.15, 0.2) is 71.8 Å². The first-order chi connectivity index (χ1) is 18.7. The van der Waals surface area contributed by atoms with Gasteiger partial charge in [-0.3, -0.25) is 13.9 Å². The summed E-state index contributed by atoms with van der Waals surface area (Å²) in [5, 5.41) is 5.64. The fourth-order valence-corrected chi connectivity index (χ4v) is 4.23. The molecule has 0 radical (unpaired) electrons. The maximum Gasteiger partial charge on any atom is 0.417 e. The minimum Gasteiger partial charge on any atom is -0.484 e. The predicted molar refractivity (Wildman–Crippen MR) is 141 cm³/mol. The fraction of sp³-hybridized carbons (Fsp3) is 0.160. The van der Waals surface area contributed by atoms with Crippen LogP contribution in [0, 0.1) is 5.82 Å². The van der Waals surface area contributed by atoms with E-state index in [1.165, 1.54) is 42.6 Å². The molecule has 3 aromatic rings. The first kappa shape index (κ1) is 30.4. The van der Waals surface area contributed by atoms with Gasteiger partial charge in [0.2, 0.25) is 10.0 Å². The molecule has 0 heterocycles. The van der Waals surface area contributed by atoms with Crippen molar-refractivity contribution in [3.05, 3.63) is 88.7 Å². The third-order valence-electron chi connectivity index (χ3n) is 5.01. The number of rotatable bonds is 10. The molecule has 15 heteroatoms. The molecule has 0 aliphatic rings. The van der Waals surface area contributed by atoms with Gasteiger partial charge in [-0.2, -0.15) is 18.3 Å². The summed E-state index contributed by atoms with van der Waals surface area (Å²) in [6.07, 6.45) is -2.86. The number of amides is 2. The summed E-state index contributed by atoms with van der Waals surface area (Å²) in [4.78, 5) is 24.3. The molecule has 0 saturated heterocycles. The van der Waals surface area contributed by atoms with E-state index in [0.717, 1.165) is 18.4 Å². The Morgan fingerprint density at radius 2 is 1.68 bits per heavy atom. The second kappa shape index (κ2) is 12.8. The van der Waals surface area contributed by atoms with Gasteiger partial charge in [-0.15, -0.1) is 0 Å². The van der Waals surface area contributed by atoms with Gasteiger partial charge in [-0.25, -0.2) is 18.2 Å². The number of sulfonamides is 1. The van der Waals surface area contributed by atoms with Crippen LogP contribution in [0.5, 0.6) is 5.75 Å². The van der Waals surface area contributed by atoms with Gasteiger partial charge in [0.25, 0.3) is 11.8 Å². The molecule has 212 valence electrons. The molecule has 3 rings (SSSR count). The number of anilines is 2. The Bertz CT molecular complexity index is 1500. The van der Waals surface area contributed by atoms with Gasteiger partial charge in [-0.05, 0) is 72.3 Å². The number of benzene rings is 3. The lowest BCUT2D eigenvalue weighted by atomic mass is 10.2. The number of hydrogen-bond acceptors (Lipinski definition) is 6. The topological polar surface area (TPSA) is 117 Å². The van der Waals surface area contributed by atoms with Crippen LogP contribution in [0.3, 0.4) is 0 Å². The number of alkyl halides is 3. The monoisotopic (exact) mass is 600 g/mol. The van der Waals surface area contributed by atoms with Crippen LogP contribution < -0.4 is 19.8 Å². The second-order valence-corrected chi connectivity index (χ2v) is 10.5. The van der Waals surface area contributed by atoms with Gasteiger partial charge in [-0.1, -0.05) is 11.6 Å². The fourth-order valence-electron chi connectivity index (χ4n) is 3.16. The zero-order chi connectivity index (χ0) is 29.5. The van der Waals surface area contributed by atoms with Crippen molar-refractivity contribution in [2.24, 2.45) is 5.10 Å². The van der Waals surface area contributed by atoms with Crippen molar-refractivity contribution in [3.8, 4) is 5.75 Å². The number of nitrogens with zero attached hydrogens (tertiary/aromatic N) is 2. The highest BCUT2D eigenvalue weighted by Gasteiger charge is 2.34. The molecule has 40 heavy (non-hydrogen) atoms. The van der Waals surface area contributed by atoms with E-state index in [1.54, 1.807) is 12.1 Å². The van der Waals surface area contributed by atoms with E-state index in [0.29, 0.717) is 27.4 Å². The summed E-state index contributed by atoms with van der Waals surface area (Å²) in [5.41, 5.74) is 1.36. The number of hydrazone groups is 1. The largest absolute Gasteiger partial charge is 0.484 e. The van der Waals surface area contributed by atoms with Gasteiger partial charge in [0, 0.05) is 5.69 Å². The summed E-state index contributed by atoms with van der Waals surface area (Å²) < 4.78 is 82.7. The Labute approximate surface area is 231 Å². The Hall–Kier alpha value is -4.17. The molecule has 3 aromatic carbocycles. The van der Waals surface area contributed by atoms with Crippen LogP contribution in [0.1, 0.15) is 11.1 Å². The smallest absolute Gasteiger partial charge is 0.417 e. The molecule has 2 amide bonds. The lowest BCUT2D eigenvalue weighted by Crippen LogP contribution is -2.39. The van der Waals surface area contributed by atoms with Gasteiger partial charge >= 0.3 is 6.18 Å². The first-order valence-corrected chi connectivity index (χ1v) is 13.4. The van der Waals surface area contributed by atoms with Crippen molar-refractivity contribution in [2.45, 2.75) is 6.18 Å². The first-order valence-electron chi connectivity index (χ1n) is 11.2. The van der Waals surface area contributed by atoms with Crippen molar-refractivity contribution in [2.75, 3.05) is 29.0 Å². The van der Waals surface area contributed by atoms with Crippen LogP contribution in [0.4, 0.5) is 28.9 Å². The molecule has 0 aliphatic heterocycles. The quantitative estimate of drug-likeness (QED) is 0.203. The molecule has 0 aromatic heterocycles. The molecule has 0 saturated carbocycles. The van der Waals surface area contributed by atoms with Crippen molar-refractivity contribution >= 4 is 51.0 Å². The van der Waals surface area contributed by atoms with Crippen LogP contribution in [-0.4, -0.2) is 45.9 Å². The molecule has 0 bridgehead atoms. The van der Waals surface area contributed by atoms with Gasteiger partial charge < -0.3 is 10.1 Å². The predicted octanol–water partition coefficient (Wildman–Crippen LogP) is 4.43. The molecule has 0 fully saturated rings. The Kier molecular flexibility index (Phi) is 9.71. The number of nitrogens with one attached hydrogen (secondary N) is 2. The molecule has 0 unspecified atom stereocenters. The number of hydrogen-bond donors (Lipinski definition) is 2. The summed E-state index contributed by atoms with van der Waals surface area (Å²) >= 11 is 5.59. The van der Waals surface area contributed by atoms with Gasteiger partial charge in [0.05, 0.1) is 28.7 Å². The number of carbonyl (C=O) groups excluding carboxylic acids is 2. The lowest BCUT2D eigenvalue weighted by molar-refractivity contribution is -0.137. The molecule has 2 N–H and O–H groups in total. The van der Waals surface area contributed by atoms with Crippen molar-refractivity contribution < 1.29 is 40.3 Å².